The molecule has 20 heteroatoms. The van der Waals surface area contributed by atoms with Gasteiger partial charge in [0.25, 0.3) is 11.8 Å². The van der Waals surface area contributed by atoms with Gasteiger partial charge >= 0.3 is 0 Å². The van der Waals surface area contributed by atoms with Crippen molar-refractivity contribution in [3.05, 3.63) is 94.8 Å². The van der Waals surface area contributed by atoms with Gasteiger partial charge in [0.05, 0.1) is 69.0 Å². The number of anilines is 4. The van der Waals surface area contributed by atoms with E-state index in [2.05, 4.69) is 74.3 Å². The first-order valence-corrected chi connectivity index (χ1v) is 30.8. The van der Waals surface area contributed by atoms with Crippen LogP contribution in [0.25, 0.3) is 0 Å². The molecule has 9 atom stereocenters. The van der Waals surface area contributed by atoms with Gasteiger partial charge in [0.2, 0.25) is 17.6 Å². The summed E-state index contributed by atoms with van der Waals surface area (Å²) in [7, 11) is 3.49. The fourth-order valence-corrected chi connectivity index (χ4v) is 13.8. The Hall–Kier alpha value is -6.91. The van der Waals surface area contributed by atoms with Gasteiger partial charge in [-0.15, -0.1) is 0 Å². The molecule has 0 bridgehead atoms. The molecule has 7 aliphatic rings. The molecule has 0 radical (unpaired) electrons. The molecule has 20 nitrogen and oxygen atoms in total. The normalized spacial score (nSPS) is 24.8. The number of benzene rings is 2. The van der Waals surface area contributed by atoms with Gasteiger partial charge in [-0.3, -0.25) is 29.5 Å². The van der Waals surface area contributed by atoms with Crippen LogP contribution in [0.15, 0.2) is 60.7 Å². The van der Waals surface area contributed by atoms with Crippen LogP contribution in [0.4, 0.5) is 23.0 Å². The number of amides is 3. The van der Waals surface area contributed by atoms with Gasteiger partial charge in [0.1, 0.15) is 23.9 Å². The number of aromatic nitrogens is 4. The fourth-order valence-electron chi connectivity index (χ4n) is 13.8. The third-order valence-electron chi connectivity index (χ3n) is 18.5. The van der Waals surface area contributed by atoms with Gasteiger partial charge < -0.3 is 50.1 Å². The molecule has 446 valence electrons. The number of carbonyl (C=O) groups excluding carboxylic acids is 3. The van der Waals surface area contributed by atoms with E-state index in [9.17, 15) is 19.5 Å². The summed E-state index contributed by atoms with van der Waals surface area (Å²) in [5.74, 6) is 16.0. The van der Waals surface area contributed by atoms with E-state index in [4.69, 9.17) is 29.4 Å². The molecular formula is C64H84N14O6. The van der Waals surface area contributed by atoms with Crippen molar-refractivity contribution in [1.82, 2.24) is 51.0 Å². The number of hydrogen-bond donors (Lipinski definition) is 5. The van der Waals surface area contributed by atoms with Crippen molar-refractivity contribution < 1.29 is 29.0 Å². The van der Waals surface area contributed by atoms with E-state index < -0.39 is 18.3 Å². The van der Waals surface area contributed by atoms with Crippen molar-refractivity contribution in [3.63, 3.8) is 0 Å². The zero-order chi connectivity index (χ0) is 58.1. The first-order valence-electron chi connectivity index (χ1n) is 30.8. The number of rotatable bonds is 15. The Balaban J connectivity index is 0.768. The molecule has 2 aliphatic carbocycles. The Labute approximate surface area is 495 Å². The minimum atomic E-state index is -0.738. The van der Waals surface area contributed by atoms with Crippen LogP contribution in [0.2, 0.25) is 0 Å². The molecule has 2 saturated carbocycles. The quantitative estimate of drug-likeness (QED) is 0.0820. The first kappa shape index (κ1) is 58.8. The largest absolute Gasteiger partial charge is 0.378 e. The number of morpholine rings is 2. The summed E-state index contributed by atoms with van der Waals surface area (Å²) < 4.78 is 11.1. The van der Waals surface area contributed by atoms with Crippen LogP contribution < -0.4 is 40.9 Å². The van der Waals surface area contributed by atoms with Crippen LogP contribution in [0.1, 0.15) is 134 Å². The molecule has 4 aromatic rings. The summed E-state index contributed by atoms with van der Waals surface area (Å²) in [4.78, 5) is 74.8. The molecule has 5 N–H and O–H groups in total. The number of carbonyl (C=O) groups is 3. The lowest BCUT2D eigenvalue weighted by Gasteiger charge is -2.36. The molecule has 7 heterocycles. The average molecular weight is 1150 g/mol. The number of piperazine rings is 1. The van der Waals surface area contributed by atoms with E-state index >= 15 is 0 Å². The number of ether oxygens (including phenoxy) is 2. The minimum Gasteiger partial charge on any atom is -0.378 e. The summed E-state index contributed by atoms with van der Waals surface area (Å²) in [5.41, 5.74) is 4.55. The standard InChI is InChI=1S/C64H84N14O6/c1-43(67-61(79)45-17-21-49(22-18-45)75-31-35-83-36-32-75)51-41-59(77-53-13-7-5-11-47(53)39-55(77)63(81)65-3)71-57(69-51)15-9-25-73-27-29-74(30-28-73)26-10-16-58-70-52(42-60(72-58)78-54-14-8-6-12-48(54)40-56(78)64(82)66-4)44(2)68-62(80)46-19-23-50(24-20-46)76-33-37-84-38-34-76/h17-24,41-44,47-48,53-56,63,65,81H,5-8,11-14,25-40H2,1-4H3,(H,66,82)(H,67,79)(H,68,80)/t43-,44-,47-,48-,53-,54-,55-,56-,63?/m0/s1. The summed E-state index contributed by atoms with van der Waals surface area (Å²) in [5, 5.41) is 23.7. The highest BCUT2D eigenvalue weighted by atomic mass is 16.5. The number of aliphatic hydroxyl groups is 1. The van der Waals surface area contributed by atoms with Crippen LogP contribution >= 0.6 is 0 Å². The van der Waals surface area contributed by atoms with Gasteiger partial charge in [-0.2, -0.15) is 0 Å². The van der Waals surface area contributed by atoms with Crippen LogP contribution in [0.5, 0.6) is 0 Å². The van der Waals surface area contributed by atoms with Crippen molar-refractivity contribution in [3.8, 4) is 23.7 Å². The third-order valence-corrected chi connectivity index (χ3v) is 18.5. The molecule has 1 unspecified atom stereocenters. The van der Waals surface area contributed by atoms with Crippen molar-refractivity contribution in [2.24, 2.45) is 11.8 Å². The smallest absolute Gasteiger partial charge is 0.251 e. The maximum atomic E-state index is 13.8. The highest BCUT2D eigenvalue weighted by Crippen LogP contribution is 2.44. The Morgan fingerprint density at radius 3 is 1.50 bits per heavy atom. The van der Waals surface area contributed by atoms with Crippen molar-refractivity contribution in [2.75, 3.05) is 126 Å². The Kier molecular flexibility index (Phi) is 19.2. The van der Waals surface area contributed by atoms with E-state index in [-0.39, 0.29) is 41.9 Å². The molecule has 5 saturated heterocycles. The molecule has 0 spiro atoms. The topological polar surface area (TPSA) is 209 Å². The molecule has 3 amide bonds. The zero-order valence-corrected chi connectivity index (χ0v) is 49.4. The lowest BCUT2D eigenvalue weighted by molar-refractivity contribution is -0.121. The van der Waals surface area contributed by atoms with E-state index in [1.165, 1.54) is 6.42 Å². The van der Waals surface area contributed by atoms with Crippen molar-refractivity contribution >= 4 is 40.7 Å². The Morgan fingerprint density at radius 2 is 1.04 bits per heavy atom. The van der Waals surface area contributed by atoms with Gasteiger partial charge in [-0.1, -0.05) is 37.5 Å². The molecule has 84 heavy (non-hydrogen) atoms. The Bertz CT molecular complexity index is 3050. The monoisotopic (exact) mass is 1140 g/mol. The van der Waals surface area contributed by atoms with E-state index in [1.54, 1.807) is 14.1 Å². The molecule has 7 fully saturated rings. The van der Waals surface area contributed by atoms with Crippen LogP contribution in [-0.4, -0.2) is 189 Å². The maximum absolute atomic E-state index is 13.8. The molecular weight excluding hydrogens is 1060 g/mol. The summed E-state index contributed by atoms with van der Waals surface area (Å²) in [6.07, 6.45) is 9.68. The van der Waals surface area contributed by atoms with Gasteiger partial charge in [0.15, 0.2) is 0 Å². The van der Waals surface area contributed by atoms with Crippen LogP contribution in [-0.2, 0) is 14.3 Å². The number of likely N-dealkylation sites (N-methyl/N-ethyl adjacent to an activating group) is 2. The number of aliphatic hydroxyl groups excluding tert-OH is 1. The maximum Gasteiger partial charge on any atom is 0.251 e. The van der Waals surface area contributed by atoms with Crippen molar-refractivity contribution in [1.29, 1.82) is 0 Å². The highest BCUT2D eigenvalue weighted by molar-refractivity contribution is 5.95. The zero-order valence-electron chi connectivity index (χ0n) is 49.4. The van der Waals surface area contributed by atoms with Crippen LogP contribution in [0.3, 0.4) is 0 Å². The van der Waals surface area contributed by atoms with Crippen LogP contribution in [0, 0.1) is 35.5 Å². The predicted molar refractivity (Wildman–Crippen MR) is 324 cm³/mol. The second-order valence-corrected chi connectivity index (χ2v) is 23.7. The fraction of sp³-hybridized carbons (Fsp3) is 0.578. The van der Waals surface area contributed by atoms with Gasteiger partial charge in [-0.25, -0.2) is 19.9 Å². The molecule has 2 aromatic carbocycles. The minimum absolute atomic E-state index is 0.0229. The van der Waals surface area contributed by atoms with E-state index in [0.29, 0.717) is 91.3 Å². The predicted octanol–water partition coefficient (Wildman–Crippen LogP) is 4.50. The highest BCUT2D eigenvalue weighted by Gasteiger charge is 2.47. The van der Waals surface area contributed by atoms with Gasteiger partial charge in [-0.05, 0) is 132 Å². The van der Waals surface area contributed by atoms with E-state index in [0.717, 1.165) is 127 Å². The second-order valence-electron chi connectivity index (χ2n) is 23.7. The number of hydrogen-bond acceptors (Lipinski definition) is 17. The average Bonchev–Trinajstić information content (AvgIpc) is 3.00. The summed E-state index contributed by atoms with van der Waals surface area (Å²) in [6.45, 7) is 14.1. The lowest BCUT2D eigenvalue weighted by atomic mass is 9.84. The molecule has 2 aromatic heterocycles. The second kappa shape index (κ2) is 27.4. The number of nitrogens with one attached hydrogen (secondary N) is 4. The van der Waals surface area contributed by atoms with E-state index in [1.807, 2.05) is 74.5 Å². The first-order chi connectivity index (χ1) is 41.0. The molecule has 5 aliphatic heterocycles. The lowest BCUT2D eigenvalue weighted by Crippen LogP contribution is -2.49. The Morgan fingerprint density at radius 1 is 0.595 bits per heavy atom. The summed E-state index contributed by atoms with van der Waals surface area (Å²) >= 11 is 0. The number of nitrogens with zero attached hydrogens (tertiary/aromatic N) is 10. The third kappa shape index (κ3) is 13.8. The number of fused-ring (bicyclic) bond motifs is 2. The van der Waals surface area contributed by atoms with Crippen molar-refractivity contribution in [2.45, 2.75) is 121 Å². The summed E-state index contributed by atoms with van der Waals surface area (Å²) in [6, 6.07) is 18.3. The van der Waals surface area contributed by atoms with Gasteiger partial charge in [0, 0.05) is 106 Å². The SMILES string of the molecule is CNC(=O)[C@@H]1C[C@@H]2CCCC[C@@H]2N1c1cc([C@H](C)NC(=O)c2ccc(N3CCOCC3)cc2)nc(C#CCN2CCN(CC#Cc3nc([C@H](C)NC(=O)c4ccc(N5CCOCC5)cc4)cc(N4[C@H](C(O)NC)C[C@@H]5CCCC[C@@H]54)n3)CC2)n1. The molecule has 11 rings (SSSR count).